The van der Waals surface area contributed by atoms with E-state index >= 15 is 0 Å². The Bertz CT molecular complexity index is 591. The van der Waals surface area contributed by atoms with Crippen molar-refractivity contribution >= 4 is 11.6 Å². The maximum Gasteiger partial charge on any atom is 0.136 e. The van der Waals surface area contributed by atoms with Gasteiger partial charge >= 0.3 is 0 Å². The summed E-state index contributed by atoms with van der Waals surface area (Å²) in [4.78, 5) is 9.41. The summed E-state index contributed by atoms with van der Waals surface area (Å²) in [6.45, 7) is 5.87. The fourth-order valence-corrected chi connectivity index (χ4v) is 2.22. The zero-order chi connectivity index (χ0) is 14.7. The van der Waals surface area contributed by atoms with Gasteiger partial charge in [-0.1, -0.05) is 6.92 Å². The summed E-state index contributed by atoms with van der Waals surface area (Å²) in [5, 5.41) is 6.81. The van der Waals surface area contributed by atoms with Crippen LogP contribution in [0, 0.1) is 6.92 Å². The quantitative estimate of drug-likeness (QED) is 0.812. The van der Waals surface area contributed by atoms with Crippen molar-refractivity contribution in [2.45, 2.75) is 45.6 Å². The lowest BCUT2D eigenvalue weighted by atomic mass is 10.2. The molecule has 5 heteroatoms. The molecule has 0 amide bonds. The molecule has 1 saturated carbocycles. The summed E-state index contributed by atoms with van der Waals surface area (Å²) in [5.41, 5.74) is 2.19. The van der Waals surface area contributed by atoms with Gasteiger partial charge in [-0.15, -0.1) is 0 Å². The fourth-order valence-electron chi connectivity index (χ4n) is 2.22. The van der Waals surface area contributed by atoms with Gasteiger partial charge in [0.05, 0.1) is 12.5 Å². The van der Waals surface area contributed by atoms with Crippen LogP contribution >= 0.6 is 0 Å². The van der Waals surface area contributed by atoms with Crippen molar-refractivity contribution in [3.05, 3.63) is 35.5 Å². The van der Waals surface area contributed by atoms with E-state index in [9.17, 15) is 0 Å². The highest BCUT2D eigenvalue weighted by Gasteiger charge is 2.28. The zero-order valence-electron chi connectivity index (χ0n) is 12.6. The Balaban J connectivity index is 1.80. The van der Waals surface area contributed by atoms with Gasteiger partial charge in [0.1, 0.15) is 17.5 Å². The van der Waals surface area contributed by atoms with Gasteiger partial charge in [-0.25, -0.2) is 9.97 Å². The molecular formula is C16H22N4O. The predicted octanol–water partition coefficient (Wildman–Crippen LogP) is 3.69. The standard InChI is InChI=1S/C16H22N4O/c1-3-7-17-14-11(2)15(18-9-12-6-8-21-10-12)20-16(19-14)13-4-5-13/h6,8,10,13H,3-5,7,9H2,1-2H3,(H2,17,18,19,20). The van der Waals surface area contributed by atoms with Crippen LogP contribution in [0.5, 0.6) is 0 Å². The Morgan fingerprint density at radius 3 is 2.62 bits per heavy atom. The number of nitrogens with one attached hydrogen (secondary N) is 2. The molecule has 2 aromatic rings. The maximum atomic E-state index is 5.10. The van der Waals surface area contributed by atoms with Gasteiger partial charge < -0.3 is 15.1 Å². The van der Waals surface area contributed by atoms with E-state index in [1.165, 1.54) is 12.8 Å². The molecule has 3 rings (SSSR count). The number of furan rings is 1. The van der Waals surface area contributed by atoms with Crippen LogP contribution in [0.15, 0.2) is 23.0 Å². The average molecular weight is 286 g/mol. The largest absolute Gasteiger partial charge is 0.472 e. The van der Waals surface area contributed by atoms with Crippen molar-refractivity contribution in [2.24, 2.45) is 0 Å². The smallest absolute Gasteiger partial charge is 0.136 e. The number of hydrogen-bond acceptors (Lipinski definition) is 5. The minimum absolute atomic E-state index is 0.544. The molecule has 0 radical (unpaired) electrons. The van der Waals surface area contributed by atoms with Crippen molar-refractivity contribution in [1.82, 2.24) is 9.97 Å². The molecular weight excluding hydrogens is 264 g/mol. The molecule has 1 fully saturated rings. The second-order valence-electron chi connectivity index (χ2n) is 5.59. The first-order valence-electron chi connectivity index (χ1n) is 7.65. The molecule has 21 heavy (non-hydrogen) atoms. The molecule has 0 aromatic carbocycles. The molecule has 0 saturated heterocycles. The van der Waals surface area contributed by atoms with Gasteiger partial charge in [0.2, 0.25) is 0 Å². The Morgan fingerprint density at radius 2 is 2.00 bits per heavy atom. The summed E-state index contributed by atoms with van der Waals surface area (Å²) >= 11 is 0. The second-order valence-corrected chi connectivity index (χ2v) is 5.59. The molecule has 0 atom stereocenters. The van der Waals surface area contributed by atoms with Crippen molar-refractivity contribution in [3.8, 4) is 0 Å². The van der Waals surface area contributed by atoms with Gasteiger partial charge in [0, 0.05) is 30.1 Å². The van der Waals surface area contributed by atoms with Crippen LogP contribution in [0.1, 0.15) is 49.1 Å². The lowest BCUT2D eigenvalue weighted by Crippen LogP contribution is -2.11. The van der Waals surface area contributed by atoms with E-state index in [0.717, 1.165) is 41.6 Å². The third-order valence-corrected chi connectivity index (χ3v) is 3.69. The van der Waals surface area contributed by atoms with E-state index in [-0.39, 0.29) is 0 Å². The van der Waals surface area contributed by atoms with Gasteiger partial charge in [-0.2, -0.15) is 0 Å². The molecule has 2 heterocycles. The summed E-state index contributed by atoms with van der Waals surface area (Å²) in [6.07, 6.45) is 6.93. The van der Waals surface area contributed by atoms with Gasteiger partial charge in [0.25, 0.3) is 0 Å². The van der Waals surface area contributed by atoms with Crippen LogP contribution in [0.25, 0.3) is 0 Å². The van der Waals surface area contributed by atoms with E-state index in [2.05, 4.69) is 24.5 Å². The SMILES string of the molecule is CCCNc1nc(C2CC2)nc(NCc2ccoc2)c1C. The van der Waals surface area contributed by atoms with Crippen LogP contribution < -0.4 is 10.6 Å². The van der Waals surface area contributed by atoms with E-state index < -0.39 is 0 Å². The van der Waals surface area contributed by atoms with Crippen molar-refractivity contribution in [3.63, 3.8) is 0 Å². The molecule has 2 N–H and O–H groups in total. The summed E-state index contributed by atoms with van der Waals surface area (Å²) in [5.74, 6) is 3.39. The molecule has 112 valence electrons. The zero-order valence-corrected chi connectivity index (χ0v) is 12.6. The minimum atomic E-state index is 0.544. The van der Waals surface area contributed by atoms with Crippen LogP contribution in [-0.2, 0) is 6.54 Å². The van der Waals surface area contributed by atoms with Crippen molar-refractivity contribution in [1.29, 1.82) is 0 Å². The second kappa shape index (κ2) is 6.16. The summed E-state index contributed by atoms with van der Waals surface area (Å²) < 4.78 is 5.10. The van der Waals surface area contributed by atoms with E-state index in [1.807, 2.05) is 6.07 Å². The van der Waals surface area contributed by atoms with Crippen LogP contribution in [0.4, 0.5) is 11.6 Å². The summed E-state index contributed by atoms with van der Waals surface area (Å²) in [6, 6.07) is 1.96. The molecule has 1 aliphatic rings. The number of aromatic nitrogens is 2. The number of rotatable bonds is 7. The Kier molecular flexibility index (Phi) is 4.08. The molecule has 0 spiro atoms. The highest BCUT2D eigenvalue weighted by Crippen LogP contribution is 2.39. The Morgan fingerprint density at radius 1 is 1.24 bits per heavy atom. The fraction of sp³-hybridized carbons (Fsp3) is 0.500. The highest BCUT2D eigenvalue weighted by molar-refractivity contribution is 5.57. The lowest BCUT2D eigenvalue weighted by molar-refractivity contribution is 0.564. The molecule has 0 bridgehead atoms. The third-order valence-electron chi connectivity index (χ3n) is 3.69. The monoisotopic (exact) mass is 286 g/mol. The number of nitrogens with zero attached hydrogens (tertiary/aromatic N) is 2. The van der Waals surface area contributed by atoms with Gasteiger partial charge in [-0.3, -0.25) is 0 Å². The summed E-state index contributed by atoms with van der Waals surface area (Å²) in [7, 11) is 0. The van der Waals surface area contributed by atoms with Crippen molar-refractivity contribution < 1.29 is 4.42 Å². The highest BCUT2D eigenvalue weighted by atomic mass is 16.3. The van der Waals surface area contributed by atoms with Crippen LogP contribution in [-0.4, -0.2) is 16.5 Å². The average Bonchev–Trinajstić information content (AvgIpc) is 3.21. The molecule has 0 unspecified atom stereocenters. The normalized spacial score (nSPS) is 14.2. The third kappa shape index (κ3) is 3.35. The first kappa shape index (κ1) is 13.9. The Hall–Kier alpha value is -2.04. The van der Waals surface area contributed by atoms with E-state index in [0.29, 0.717) is 12.5 Å². The Labute approximate surface area is 125 Å². The first-order valence-corrected chi connectivity index (χ1v) is 7.65. The predicted molar refractivity (Wildman–Crippen MR) is 83.6 cm³/mol. The van der Waals surface area contributed by atoms with Gasteiger partial charge in [0.15, 0.2) is 0 Å². The first-order chi connectivity index (χ1) is 10.3. The van der Waals surface area contributed by atoms with Crippen molar-refractivity contribution in [2.75, 3.05) is 17.2 Å². The molecule has 5 nitrogen and oxygen atoms in total. The molecule has 0 aliphatic heterocycles. The lowest BCUT2D eigenvalue weighted by Gasteiger charge is -2.14. The van der Waals surface area contributed by atoms with E-state index in [1.54, 1.807) is 12.5 Å². The molecule has 2 aromatic heterocycles. The van der Waals surface area contributed by atoms with Gasteiger partial charge in [-0.05, 0) is 32.3 Å². The van der Waals surface area contributed by atoms with E-state index in [4.69, 9.17) is 14.4 Å². The van der Waals surface area contributed by atoms with Crippen LogP contribution in [0.3, 0.4) is 0 Å². The van der Waals surface area contributed by atoms with Crippen LogP contribution in [0.2, 0.25) is 0 Å². The minimum Gasteiger partial charge on any atom is -0.472 e. The number of anilines is 2. The maximum absolute atomic E-state index is 5.10. The number of hydrogen-bond donors (Lipinski definition) is 2. The topological polar surface area (TPSA) is 63.0 Å². The molecule has 1 aliphatic carbocycles.